The molecule has 0 radical (unpaired) electrons. The van der Waals surface area contributed by atoms with Gasteiger partial charge >= 0.3 is 5.97 Å². The summed E-state index contributed by atoms with van der Waals surface area (Å²) >= 11 is 0.968. The average Bonchev–Trinajstić information content (AvgIpc) is 3.47. The molecule has 1 atom stereocenters. The fourth-order valence-corrected chi connectivity index (χ4v) is 7.57. The number of hydrogen-bond donors (Lipinski definition) is 3. The van der Waals surface area contributed by atoms with Crippen LogP contribution in [0.3, 0.4) is 0 Å². The Labute approximate surface area is 252 Å². The highest BCUT2D eigenvalue weighted by molar-refractivity contribution is 7.89. The van der Waals surface area contributed by atoms with Crippen molar-refractivity contribution in [2.45, 2.75) is 50.6 Å². The lowest BCUT2D eigenvalue weighted by Gasteiger charge is -2.39. The number of carboxylic acids is 1. The number of hydrogen-bond acceptors (Lipinski definition) is 9. The van der Waals surface area contributed by atoms with E-state index >= 15 is 0 Å². The largest absolute Gasteiger partial charge is 0.476 e. The monoisotopic (exact) mass is 624 g/mol. The predicted octanol–water partition coefficient (Wildman–Crippen LogP) is 2.79. The van der Waals surface area contributed by atoms with Gasteiger partial charge in [0.05, 0.1) is 4.90 Å². The third kappa shape index (κ3) is 6.31. The van der Waals surface area contributed by atoms with Gasteiger partial charge in [-0.2, -0.15) is 9.40 Å². The molecule has 4 aromatic rings. The quantitative estimate of drug-likeness (QED) is 0.241. The SMILES string of the molecule is CCCc1ccc(CNC(=O)[C@H]2CN(c3nc4c(C(=O)O)n[nH]c(=O)c4s3)CCN2S(=O)(=O)c2ccc(CC)cc2)cc1. The fourth-order valence-electron chi connectivity index (χ4n) is 5.01. The Morgan fingerprint density at radius 3 is 2.37 bits per heavy atom. The van der Waals surface area contributed by atoms with Crippen LogP contribution in [0, 0.1) is 0 Å². The number of H-pyrrole nitrogens is 1. The second-order valence-electron chi connectivity index (χ2n) is 10.2. The van der Waals surface area contributed by atoms with Crippen molar-refractivity contribution in [1.29, 1.82) is 0 Å². The zero-order valence-corrected chi connectivity index (χ0v) is 25.4. The average molecular weight is 625 g/mol. The van der Waals surface area contributed by atoms with Gasteiger partial charge in [-0.15, -0.1) is 0 Å². The van der Waals surface area contributed by atoms with Crippen LogP contribution >= 0.6 is 11.3 Å². The smallest absolute Gasteiger partial charge is 0.358 e. The number of nitrogens with one attached hydrogen (secondary N) is 2. The van der Waals surface area contributed by atoms with Gasteiger partial charge in [0.1, 0.15) is 16.3 Å². The topological polar surface area (TPSA) is 166 Å². The Bertz CT molecular complexity index is 1800. The number of piperazine rings is 1. The number of sulfonamides is 1. The number of carbonyl (C=O) groups excluding carboxylic acids is 1. The molecule has 0 aliphatic carbocycles. The number of aromatic amines is 1. The zero-order valence-electron chi connectivity index (χ0n) is 23.7. The minimum absolute atomic E-state index is 0.0298. The van der Waals surface area contributed by atoms with Gasteiger partial charge < -0.3 is 15.3 Å². The Kier molecular flexibility index (Phi) is 8.89. The number of aromatic nitrogens is 3. The number of carbonyl (C=O) groups is 2. The molecule has 3 heterocycles. The Balaban J connectivity index is 1.45. The number of aromatic carboxylic acids is 1. The first-order chi connectivity index (χ1) is 20.6. The number of rotatable bonds is 10. The van der Waals surface area contributed by atoms with E-state index in [1.165, 1.54) is 9.87 Å². The summed E-state index contributed by atoms with van der Waals surface area (Å²) in [6, 6.07) is 13.4. The van der Waals surface area contributed by atoms with Gasteiger partial charge in [0.2, 0.25) is 15.9 Å². The molecule has 1 saturated heterocycles. The number of amides is 1. The number of anilines is 1. The summed E-state index contributed by atoms with van der Waals surface area (Å²) in [5, 5.41) is 18.5. The molecule has 0 saturated carbocycles. The number of fused-ring (bicyclic) bond motifs is 1. The summed E-state index contributed by atoms with van der Waals surface area (Å²) in [5.41, 5.74) is 2.03. The lowest BCUT2D eigenvalue weighted by Crippen LogP contribution is -2.60. The van der Waals surface area contributed by atoms with E-state index in [1.54, 1.807) is 29.2 Å². The second-order valence-corrected chi connectivity index (χ2v) is 13.1. The molecule has 2 aromatic heterocycles. The van der Waals surface area contributed by atoms with Crippen molar-refractivity contribution in [3.63, 3.8) is 0 Å². The molecule has 14 heteroatoms. The Morgan fingerprint density at radius 1 is 1.05 bits per heavy atom. The van der Waals surface area contributed by atoms with Gasteiger partial charge in [-0.3, -0.25) is 9.59 Å². The molecule has 2 aromatic carbocycles. The van der Waals surface area contributed by atoms with Crippen molar-refractivity contribution in [3.8, 4) is 0 Å². The van der Waals surface area contributed by atoms with Gasteiger partial charge in [0.15, 0.2) is 10.8 Å². The van der Waals surface area contributed by atoms with Crippen LogP contribution in [-0.4, -0.2) is 70.6 Å². The second kappa shape index (κ2) is 12.6. The summed E-state index contributed by atoms with van der Waals surface area (Å²) in [6.45, 7) is 4.38. The van der Waals surface area contributed by atoms with E-state index in [1.807, 2.05) is 31.2 Å². The maximum Gasteiger partial charge on any atom is 0.358 e. The van der Waals surface area contributed by atoms with Crippen molar-refractivity contribution in [3.05, 3.63) is 81.3 Å². The van der Waals surface area contributed by atoms with E-state index < -0.39 is 39.2 Å². The van der Waals surface area contributed by atoms with Crippen LogP contribution in [0.4, 0.5) is 5.13 Å². The fraction of sp³-hybridized carbons (Fsp3) is 0.345. The molecule has 43 heavy (non-hydrogen) atoms. The van der Waals surface area contributed by atoms with Crippen LogP contribution in [0.2, 0.25) is 0 Å². The highest BCUT2D eigenvalue weighted by Gasteiger charge is 2.41. The van der Waals surface area contributed by atoms with Crippen molar-refractivity contribution < 1.29 is 23.1 Å². The van der Waals surface area contributed by atoms with Crippen molar-refractivity contribution in [1.82, 2.24) is 24.8 Å². The molecule has 0 unspecified atom stereocenters. The van der Waals surface area contributed by atoms with E-state index in [9.17, 15) is 27.9 Å². The molecule has 226 valence electrons. The number of aryl methyl sites for hydroxylation is 2. The van der Waals surface area contributed by atoms with E-state index in [-0.39, 0.29) is 41.3 Å². The van der Waals surface area contributed by atoms with Gasteiger partial charge in [-0.25, -0.2) is 23.3 Å². The standard InChI is InChI=1S/C29H32N6O6S2/c1-3-5-19-6-8-20(9-7-19)16-30-26(36)22-17-34(29-31-23-24(28(38)39)32-33-27(37)25(23)42-29)14-15-35(22)43(40,41)21-12-10-18(4-2)11-13-21/h6-13,22H,3-5,14-17H2,1-2H3,(H,30,36)(H,33,37)(H,38,39)/t22-/m1/s1. The Morgan fingerprint density at radius 2 is 1.72 bits per heavy atom. The van der Waals surface area contributed by atoms with Gasteiger partial charge in [0, 0.05) is 26.2 Å². The van der Waals surface area contributed by atoms with Crippen molar-refractivity contribution in [2.75, 3.05) is 24.5 Å². The van der Waals surface area contributed by atoms with Crippen LogP contribution in [0.15, 0.2) is 58.2 Å². The normalized spacial score (nSPS) is 16.0. The van der Waals surface area contributed by atoms with Crippen LogP contribution in [0.5, 0.6) is 0 Å². The van der Waals surface area contributed by atoms with Crippen LogP contribution in [-0.2, 0) is 34.2 Å². The van der Waals surface area contributed by atoms with Gasteiger partial charge in [-0.05, 0) is 41.7 Å². The van der Waals surface area contributed by atoms with E-state index in [2.05, 4.69) is 27.4 Å². The summed E-state index contributed by atoms with van der Waals surface area (Å²) in [5.74, 6) is -1.83. The summed E-state index contributed by atoms with van der Waals surface area (Å²) in [4.78, 5) is 43.9. The van der Waals surface area contributed by atoms with Crippen LogP contribution in [0.25, 0.3) is 10.2 Å². The maximum absolute atomic E-state index is 13.8. The van der Waals surface area contributed by atoms with E-state index in [0.29, 0.717) is 5.13 Å². The third-order valence-electron chi connectivity index (χ3n) is 7.39. The number of benzene rings is 2. The molecule has 1 aliphatic heterocycles. The minimum Gasteiger partial charge on any atom is -0.476 e. The first-order valence-electron chi connectivity index (χ1n) is 14.0. The molecule has 1 amide bonds. The zero-order chi connectivity index (χ0) is 30.7. The lowest BCUT2D eigenvalue weighted by atomic mass is 10.1. The number of thiazole rings is 1. The predicted molar refractivity (Wildman–Crippen MR) is 163 cm³/mol. The maximum atomic E-state index is 13.8. The molecular weight excluding hydrogens is 592 g/mol. The number of nitrogens with zero attached hydrogens (tertiary/aromatic N) is 4. The highest BCUT2D eigenvalue weighted by Crippen LogP contribution is 2.31. The summed E-state index contributed by atoms with van der Waals surface area (Å²) in [6.07, 6.45) is 2.74. The minimum atomic E-state index is -4.04. The van der Waals surface area contributed by atoms with E-state index in [0.717, 1.165) is 41.7 Å². The number of carboxylic acid groups (broad SMARTS) is 1. The van der Waals surface area contributed by atoms with Crippen LogP contribution in [0.1, 0.15) is 47.4 Å². The molecule has 0 bridgehead atoms. The molecule has 1 aliphatic rings. The Hall–Kier alpha value is -4.14. The molecule has 3 N–H and O–H groups in total. The third-order valence-corrected chi connectivity index (χ3v) is 10.4. The molecule has 5 rings (SSSR count). The highest BCUT2D eigenvalue weighted by atomic mass is 32.2. The van der Waals surface area contributed by atoms with Gasteiger partial charge in [-0.1, -0.05) is 68.0 Å². The van der Waals surface area contributed by atoms with Crippen molar-refractivity contribution in [2.24, 2.45) is 0 Å². The molecule has 0 spiro atoms. The molecule has 12 nitrogen and oxygen atoms in total. The first-order valence-corrected chi connectivity index (χ1v) is 16.2. The van der Waals surface area contributed by atoms with E-state index in [4.69, 9.17) is 0 Å². The summed E-state index contributed by atoms with van der Waals surface area (Å²) < 4.78 is 28.9. The van der Waals surface area contributed by atoms with Gasteiger partial charge in [0.25, 0.3) is 5.56 Å². The van der Waals surface area contributed by atoms with Crippen molar-refractivity contribution >= 4 is 48.6 Å². The summed E-state index contributed by atoms with van der Waals surface area (Å²) in [7, 11) is -4.04. The molecular formula is C29H32N6O6S2. The lowest BCUT2D eigenvalue weighted by molar-refractivity contribution is -0.125. The first kappa shape index (κ1) is 30.3. The van der Waals surface area contributed by atoms with Crippen LogP contribution < -0.4 is 15.8 Å². The molecule has 1 fully saturated rings.